The number of carbonyl (C=O) groups is 1. The van der Waals surface area contributed by atoms with Gasteiger partial charge in [0.2, 0.25) is 0 Å². The zero-order chi connectivity index (χ0) is 10.6. The maximum absolute atomic E-state index is 11.6. The second-order valence-electron chi connectivity index (χ2n) is 3.81. The Morgan fingerprint density at radius 2 is 2.33 bits per heavy atom. The third kappa shape index (κ3) is 3.51. The van der Waals surface area contributed by atoms with Crippen LogP contribution in [0.1, 0.15) is 39.5 Å². The molecule has 0 spiro atoms. The maximum Gasteiger partial charge on any atom is 0.155 e. The third-order valence-corrected chi connectivity index (χ3v) is 2.55. The summed E-state index contributed by atoms with van der Waals surface area (Å²) in [7, 11) is 0. The highest BCUT2D eigenvalue weighted by atomic mass is 16.1. The van der Waals surface area contributed by atoms with Crippen LogP contribution < -0.4 is 0 Å². The molecule has 86 valence electrons. The molecule has 0 aliphatic heterocycles. The number of nitrogens with zero attached hydrogens (tertiary/aromatic N) is 1. The van der Waals surface area contributed by atoms with E-state index in [0.717, 1.165) is 31.4 Å². The van der Waals surface area contributed by atoms with Crippen LogP contribution in [0.4, 0.5) is 0 Å². The molecule has 0 amide bonds. The van der Waals surface area contributed by atoms with Gasteiger partial charge in [-0.15, -0.1) is 0 Å². The lowest BCUT2D eigenvalue weighted by Crippen LogP contribution is -2.32. The van der Waals surface area contributed by atoms with E-state index < -0.39 is 0 Å². The molecular weight excluding hydrogens is 190 g/mol. The van der Waals surface area contributed by atoms with Gasteiger partial charge < -0.3 is 10.4 Å². The Morgan fingerprint density at radius 1 is 1.67 bits per heavy atom. The number of rotatable bonds is 4. The zero-order valence-electron chi connectivity index (χ0n) is 9.62. The fourth-order valence-corrected chi connectivity index (χ4v) is 1.81. The molecule has 0 radical (unpaired) electrons. The van der Waals surface area contributed by atoms with Crippen LogP contribution in [-0.4, -0.2) is 22.2 Å². The summed E-state index contributed by atoms with van der Waals surface area (Å²) in [5.41, 5.74) is 0.954. The first-order valence-electron chi connectivity index (χ1n) is 5.30. The van der Waals surface area contributed by atoms with Crippen LogP contribution in [0.5, 0.6) is 0 Å². The van der Waals surface area contributed by atoms with E-state index in [0.29, 0.717) is 5.78 Å². The second-order valence-corrected chi connectivity index (χ2v) is 3.81. The molecule has 0 bridgehead atoms. The van der Waals surface area contributed by atoms with Crippen LogP contribution in [0, 0.1) is 0 Å². The van der Waals surface area contributed by atoms with Crippen molar-refractivity contribution < 1.29 is 10.3 Å². The molecule has 1 atom stereocenters. The van der Waals surface area contributed by atoms with Crippen molar-refractivity contribution in [2.75, 3.05) is 0 Å². The van der Waals surface area contributed by atoms with Crippen molar-refractivity contribution in [1.82, 2.24) is 4.90 Å². The number of Topliss-reactive ketones (excluding diaryl/α,β-unsaturated/α-hetero) is 1. The first-order valence-corrected chi connectivity index (χ1v) is 5.30. The Balaban J connectivity index is 0.00000196. The van der Waals surface area contributed by atoms with Crippen molar-refractivity contribution >= 4 is 5.78 Å². The Hall–Kier alpha value is -1.09. The number of carbonyl (C=O) groups excluding carboxylic acids is 1. The fraction of sp³-hybridized carbons (Fsp3) is 0.583. The molecule has 1 saturated carbocycles. The van der Waals surface area contributed by atoms with Crippen LogP contribution in [0.25, 0.3) is 0 Å². The largest absolute Gasteiger partial charge is 0.412 e. The van der Waals surface area contributed by atoms with Crippen molar-refractivity contribution in [3.63, 3.8) is 0 Å². The van der Waals surface area contributed by atoms with Gasteiger partial charge in [0.1, 0.15) is 0 Å². The van der Waals surface area contributed by atoms with Crippen molar-refractivity contribution in [3.8, 4) is 0 Å². The first kappa shape index (κ1) is 13.9. The molecular formula is C12H21NO2. The first-order chi connectivity index (χ1) is 6.66. The molecule has 1 aliphatic carbocycles. The summed E-state index contributed by atoms with van der Waals surface area (Å²) in [4.78, 5) is 13.6. The standard InChI is InChI=1S/C12H19NO.H2O/c1-4-5-9-13(10(2)3)11-7-6-8-12(11)14;/h5,9,11H,2,4,6-8H2,1,3H3;1H2/b9-5-;/t11-;/m0./s1. The Kier molecular flexibility index (Phi) is 5.94. The quantitative estimate of drug-likeness (QED) is 0.714. The lowest BCUT2D eigenvalue weighted by Gasteiger charge is -2.26. The van der Waals surface area contributed by atoms with E-state index in [9.17, 15) is 4.79 Å². The minimum absolute atomic E-state index is 0. The summed E-state index contributed by atoms with van der Waals surface area (Å²) in [6.45, 7) is 7.95. The molecule has 0 unspecified atom stereocenters. The Morgan fingerprint density at radius 3 is 2.73 bits per heavy atom. The van der Waals surface area contributed by atoms with Crippen LogP contribution in [0.15, 0.2) is 24.6 Å². The van der Waals surface area contributed by atoms with Crippen molar-refractivity contribution in [2.45, 2.75) is 45.6 Å². The molecule has 1 aliphatic rings. The van der Waals surface area contributed by atoms with E-state index in [-0.39, 0.29) is 11.5 Å². The molecule has 0 heterocycles. The fourth-order valence-electron chi connectivity index (χ4n) is 1.81. The predicted octanol–water partition coefficient (Wildman–Crippen LogP) is 2.04. The second kappa shape index (κ2) is 6.40. The van der Waals surface area contributed by atoms with E-state index in [2.05, 4.69) is 19.6 Å². The number of allylic oxidation sites excluding steroid dienone is 2. The van der Waals surface area contributed by atoms with E-state index in [1.165, 1.54) is 0 Å². The molecule has 1 fully saturated rings. The van der Waals surface area contributed by atoms with Gasteiger partial charge in [-0.1, -0.05) is 19.6 Å². The SMILES string of the molecule is C=C(C)N(/C=C\CC)[C@H]1CCCC1=O.O. The van der Waals surface area contributed by atoms with Crippen LogP contribution >= 0.6 is 0 Å². The molecule has 0 aromatic carbocycles. The zero-order valence-corrected chi connectivity index (χ0v) is 9.62. The van der Waals surface area contributed by atoms with Gasteiger partial charge in [-0.25, -0.2) is 0 Å². The summed E-state index contributed by atoms with van der Waals surface area (Å²) in [5, 5.41) is 0. The third-order valence-electron chi connectivity index (χ3n) is 2.55. The monoisotopic (exact) mass is 211 g/mol. The Bertz CT molecular complexity index is 258. The molecule has 0 aromatic rings. The molecule has 1 rings (SSSR count). The molecule has 0 aromatic heterocycles. The summed E-state index contributed by atoms with van der Waals surface area (Å²) in [5.74, 6) is 0.355. The van der Waals surface area contributed by atoms with Gasteiger partial charge in [0.25, 0.3) is 0 Å². The predicted molar refractivity (Wildman–Crippen MR) is 62.3 cm³/mol. The van der Waals surface area contributed by atoms with Gasteiger partial charge >= 0.3 is 0 Å². The van der Waals surface area contributed by atoms with E-state index in [1.54, 1.807) is 0 Å². The maximum atomic E-state index is 11.6. The summed E-state index contributed by atoms with van der Waals surface area (Å²) in [6.07, 6.45) is 7.78. The topological polar surface area (TPSA) is 51.8 Å². The summed E-state index contributed by atoms with van der Waals surface area (Å²) < 4.78 is 0. The lowest BCUT2D eigenvalue weighted by molar-refractivity contribution is -0.120. The van der Waals surface area contributed by atoms with Gasteiger partial charge in [0, 0.05) is 18.3 Å². The average Bonchev–Trinajstić information content (AvgIpc) is 2.52. The number of hydrogen-bond acceptors (Lipinski definition) is 2. The van der Waals surface area contributed by atoms with Gasteiger partial charge in [-0.2, -0.15) is 0 Å². The molecule has 3 nitrogen and oxygen atoms in total. The van der Waals surface area contributed by atoms with Gasteiger partial charge in [-0.05, 0) is 26.2 Å². The summed E-state index contributed by atoms with van der Waals surface area (Å²) >= 11 is 0. The Labute approximate surface area is 91.8 Å². The van der Waals surface area contributed by atoms with Crippen LogP contribution in [0.3, 0.4) is 0 Å². The molecule has 0 saturated heterocycles. The van der Waals surface area contributed by atoms with Crippen LogP contribution in [-0.2, 0) is 4.79 Å². The van der Waals surface area contributed by atoms with Gasteiger partial charge in [0.05, 0.1) is 6.04 Å². The van der Waals surface area contributed by atoms with E-state index in [4.69, 9.17) is 0 Å². The highest BCUT2D eigenvalue weighted by Gasteiger charge is 2.28. The van der Waals surface area contributed by atoms with E-state index in [1.807, 2.05) is 18.0 Å². The van der Waals surface area contributed by atoms with Crippen molar-refractivity contribution in [1.29, 1.82) is 0 Å². The molecule has 3 heteroatoms. The highest BCUT2D eigenvalue weighted by Crippen LogP contribution is 2.23. The van der Waals surface area contributed by atoms with Gasteiger partial charge in [-0.3, -0.25) is 4.79 Å². The minimum Gasteiger partial charge on any atom is -0.412 e. The smallest absolute Gasteiger partial charge is 0.155 e. The van der Waals surface area contributed by atoms with Crippen LogP contribution in [0.2, 0.25) is 0 Å². The highest BCUT2D eigenvalue weighted by molar-refractivity contribution is 5.86. The molecule has 2 N–H and O–H groups in total. The van der Waals surface area contributed by atoms with Gasteiger partial charge in [0.15, 0.2) is 5.78 Å². The number of hydrogen-bond donors (Lipinski definition) is 0. The van der Waals surface area contributed by atoms with E-state index >= 15 is 0 Å². The van der Waals surface area contributed by atoms with Crippen molar-refractivity contribution in [3.05, 3.63) is 24.6 Å². The molecule has 15 heavy (non-hydrogen) atoms. The minimum atomic E-state index is 0. The summed E-state index contributed by atoms with van der Waals surface area (Å²) in [6, 6.07) is 0.0512. The number of ketones is 1. The lowest BCUT2D eigenvalue weighted by atomic mass is 10.2. The average molecular weight is 211 g/mol. The van der Waals surface area contributed by atoms with Crippen molar-refractivity contribution in [2.24, 2.45) is 0 Å². The normalized spacial score (nSPS) is 20.4.